The van der Waals surface area contributed by atoms with Crippen molar-refractivity contribution in [3.8, 4) is 0 Å². The number of nitrogens with one attached hydrogen (secondary N) is 2. The molecular formula is C11H24N2O. The molecule has 3 nitrogen and oxygen atoms in total. The number of hydrogen-bond acceptors (Lipinski definition) is 2. The van der Waals surface area contributed by atoms with Crippen molar-refractivity contribution >= 4 is 5.91 Å². The van der Waals surface area contributed by atoms with Crippen LogP contribution in [0, 0.1) is 5.92 Å². The van der Waals surface area contributed by atoms with Crippen molar-refractivity contribution in [3.05, 3.63) is 0 Å². The molecule has 0 heterocycles. The number of carbonyl (C=O) groups is 1. The van der Waals surface area contributed by atoms with E-state index in [1.165, 1.54) is 0 Å². The number of rotatable bonds is 7. The van der Waals surface area contributed by atoms with Gasteiger partial charge in [-0.15, -0.1) is 0 Å². The topological polar surface area (TPSA) is 41.1 Å². The molecule has 0 aromatic rings. The Bertz CT molecular complexity index is 157. The maximum Gasteiger partial charge on any atom is 0.221 e. The summed E-state index contributed by atoms with van der Waals surface area (Å²) in [6, 6.07) is 0.481. The van der Waals surface area contributed by atoms with Crippen LogP contribution in [0.4, 0.5) is 0 Å². The van der Waals surface area contributed by atoms with Crippen LogP contribution < -0.4 is 10.6 Å². The number of carbonyl (C=O) groups excluding carboxylic acids is 1. The van der Waals surface area contributed by atoms with Crippen molar-refractivity contribution in [1.82, 2.24) is 10.6 Å². The Hall–Kier alpha value is -0.570. The fourth-order valence-electron chi connectivity index (χ4n) is 1.00. The molecule has 0 saturated heterocycles. The van der Waals surface area contributed by atoms with E-state index in [1.807, 2.05) is 0 Å². The molecule has 0 aromatic carbocycles. The summed E-state index contributed by atoms with van der Waals surface area (Å²) in [5.41, 5.74) is 0. The van der Waals surface area contributed by atoms with Crippen molar-refractivity contribution in [2.45, 2.75) is 46.6 Å². The fourth-order valence-corrected chi connectivity index (χ4v) is 1.00. The van der Waals surface area contributed by atoms with Gasteiger partial charge in [-0.25, -0.2) is 0 Å². The molecule has 0 radical (unpaired) electrons. The molecule has 2 N–H and O–H groups in total. The van der Waals surface area contributed by atoms with Crippen LogP contribution in [0.5, 0.6) is 0 Å². The highest BCUT2D eigenvalue weighted by molar-refractivity contribution is 5.75. The second-order valence-corrected chi connectivity index (χ2v) is 4.09. The van der Waals surface area contributed by atoms with E-state index in [9.17, 15) is 4.79 Å². The fraction of sp³-hybridized carbons (Fsp3) is 0.909. The van der Waals surface area contributed by atoms with Crippen LogP contribution in [0.3, 0.4) is 0 Å². The Morgan fingerprint density at radius 3 is 2.36 bits per heavy atom. The van der Waals surface area contributed by atoms with Gasteiger partial charge in [0.25, 0.3) is 0 Å². The first-order chi connectivity index (χ1) is 6.57. The third-order valence-electron chi connectivity index (χ3n) is 2.39. The van der Waals surface area contributed by atoms with E-state index >= 15 is 0 Å². The zero-order chi connectivity index (χ0) is 11.0. The lowest BCUT2D eigenvalue weighted by Crippen LogP contribution is -2.34. The predicted molar refractivity (Wildman–Crippen MR) is 60.2 cm³/mol. The third kappa shape index (κ3) is 6.89. The molecular weight excluding hydrogens is 176 g/mol. The van der Waals surface area contributed by atoms with Gasteiger partial charge in [-0.1, -0.05) is 20.8 Å². The summed E-state index contributed by atoms with van der Waals surface area (Å²) in [4.78, 5) is 11.2. The molecule has 1 amide bonds. The number of amides is 1. The molecule has 3 heteroatoms. The van der Waals surface area contributed by atoms with Gasteiger partial charge in [0.05, 0.1) is 0 Å². The van der Waals surface area contributed by atoms with Crippen molar-refractivity contribution in [3.63, 3.8) is 0 Å². The summed E-state index contributed by atoms with van der Waals surface area (Å²) in [6.45, 7) is 10.1. The summed E-state index contributed by atoms with van der Waals surface area (Å²) in [7, 11) is 0. The maximum absolute atomic E-state index is 11.2. The molecule has 0 aliphatic heterocycles. The lowest BCUT2D eigenvalue weighted by molar-refractivity contribution is -0.121. The first-order valence-corrected chi connectivity index (χ1v) is 5.58. The van der Waals surface area contributed by atoms with Crippen molar-refractivity contribution in [1.29, 1.82) is 0 Å². The molecule has 84 valence electrons. The van der Waals surface area contributed by atoms with Gasteiger partial charge in [-0.05, 0) is 19.3 Å². The summed E-state index contributed by atoms with van der Waals surface area (Å²) in [6.07, 6.45) is 1.58. The van der Waals surface area contributed by atoms with Gasteiger partial charge < -0.3 is 10.6 Å². The molecule has 0 fully saturated rings. The molecule has 0 saturated carbocycles. The maximum atomic E-state index is 11.2. The molecule has 0 bridgehead atoms. The second kappa shape index (κ2) is 7.80. The first-order valence-electron chi connectivity index (χ1n) is 5.58. The monoisotopic (exact) mass is 200 g/mol. The minimum Gasteiger partial charge on any atom is -0.356 e. The van der Waals surface area contributed by atoms with Gasteiger partial charge in [0.2, 0.25) is 5.91 Å². The SMILES string of the molecule is CCCNC(=O)CCNC(C)C(C)C. The van der Waals surface area contributed by atoms with E-state index in [1.54, 1.807) is 0 Å². The van der Waals surface area contributed by atoms with Crippen LogP contribution in [-0.2, 0) is 4.79 Å². The Morgan fingerprint density at radius 1 is 1.21 bits per heavy atom. The van der Waals surface area contributed by atoms with Gasteiger partial charge in [0.15, 0.2) is 0 Å². The number of hydrogen-bond donors (Lipinski definition) is 2. The van der Waals surface area contributed by atoms with Gasteiger partial charge >= 0.3 is 0 Å². The minimum absolute atomic E-state index is 0.148. The van der Waals surface area contributed by atoms with Crippen LogP contribution in [0.25, 0.3) is 0 Å². The Kier molecular flexibility index (Phi) is 7.48. The van der Waals surface area contributed by atoms with Gasteiger partial charge in [0.1, 0.15) is 0 Å². The van der Waals surface area contributed by atoms with Crippen LogP contribution in [-0.4, -0.2) is 25.0 Å². The van der Waals surface area contributed by atoms with Crippen molar-refractivity contribution in [2.24, 2.45) is 5.92 Å². The van der Waals surface area contributed by atoms with Gasteiger partial charge in [-0.2, -0.15) is 0 Å². The highest BCUT2D eigenvalue weighted by Crippen LogP contribution is 1.98. The van der Waals surface area contributed by atoms with Gasteiger partial charge in [-0.3, -0.25) is 4.79 Å². The van der Waals surface area contributed by atoms with Crippen molar-refractivity contribution in [2.75, 3.05) is 13.1 Å². The zero-order valence-corrected chi connectivity index (χ0v) is 9.89. The standard InChI is InChI=1S/C11H24N2O/c1-5-7-13-11(14)6-8-12-10(4)9(2)3/h9-10,12H,5-8H2,1-4H3,(H,13,14). The summed E-state index contributed by atoms with van der Waals surface area (Å²) < 4.78 is 0. The quantitative estimate of drug-likeness (QED) is 0.654. The van der Waals surface area contributed by atoms with E-state index in [0.29, 0.717) is 18.4 Å². The lowest BCUT2D eigenvalue weighted by Gasteiger charge is -2.16. The molecule has 0 rings (SSSR count). The Morgan fingerprint density at radius 2 is 1.86 bits per heavy atom. The van der Waals surface area contributed by atoms with Crippen LogP contribution in [0.1, 0.15) is 40.5 Å². The van der Waals surface area contributed by atoms with E-state index in [4.69, 9.17) is 0 Å². The first kappa shape index (κ1) is 13.4. The van der Waals surface area contributed by atoms with E-state index in [0.717, 1.165) is 19.5 Å². The minimum atomic E-state index is 0.148. The largest absolute Gasteiger partial charge is 0.356 e. The highest BCUT2D eigenvalue weighted by Gasteiger charge is 2.06. The highest BCUT2D eigenvalue weighted by atomic mass is 16.1. The average molecular weight is 200 g/mol. The molecule has 0 aliphatic rings. The molecule has 0 aliphatic carbocycles. The average Bonchev–Trinajstić information content (AvgIpc) is 2.14. The molecule has 0 spiro atoms. The van der Waals surface area contributed by atoms with Crippen LogP contribution in [0.2, 0.25) is 0 Å². The second-order valence-electron chi connectivity index (χ2n) is 4.09. The zero-order valence-electron chi connectivity index (χ0n) is 9.89. The van der Waals surface area contributed by atoms with E-state index in [2.05, 4.69) is 38.3 Å². The van der Waals surface area contributed by atoms with Crippen LogP contribution >= 0.6 is 0 Å². The molecule has 1 atom stereocenters. The smallest absolute Gasteiger partial charge is 0.221 e. The summed E-state index contributed by atoms with van der Waals surface area (Å²) >= 11 is 0. The summed E-state index contributed by atoms with van der Waals surface area (Å²) in [5.74, 6) is 0.768. The van der Waals surface area contributed by atoms with Gasteiger partial charge in [0, 0.05) is 25.6 Å². The van der Waals surface area contributed by atoms with E-state index in [-0.39, 0.29) is 5.91 Å². The van der Waals surface area contributed by atoms with Crippen molar-refractivity contribution < 1.29 is 4.79 Å². The van der Waals surface area contributed by atoms with Crippen LogP contribution in [0.15, 0.2) is 0 Å². The normalized spacial score (nSPS) is 12.9. The molecule has 1 unspecified atom stereocenters. The van der Waals surface area contributed by atoms with E-state index < -0.39 is 0 Å². The molecule has 14 heavy (non-hydrogen) atoms. The Balaban J connectivity index is 3.39. The predicted octanol–water partition coefficient (Wildman–Crippen LogP) is 1.54. The molecule has 0 aromatic heterocycles. The summed E-state index contributed by atoms with van der Waals surface area (Å²) in [5, 5.41) is 6.18. The lowest BCUT2D eigenvalue weighted by atomic mass is 10.1. The Labute approximate surface area is 87.6 Å². The third-order valence-corrected chi connectivity index (χ3v) is 2.39.